The Hall–Kier alpha value is -1.16. The summed E-state index contributed by atoms with van der Waals surface area (Å²) in [5.74, 6) is 0.742. The van der Waals surface area contributed by atoms with Crippen molar-refractivity contribution in [2.75, 3.05) is 25.5 Å². The van der Waals surface area contributed by atoms with Crippen molar-refractivity contribution >= 4 is 5.95 Å². The molecule has 106 valence electrons. The fraction of sp³-hybridized carbons (Fsp3) is 0.733. The zero-order valence-electron chi connectivity index (χ0n) is 12.2. The van der Waals surface area contributed by atoms with Gasteiger partial charge in [0.1, 0.15) is 0 Å². The van der Waals surface area contributed by atoms with Crippen molar-refractivity contribution in [3.05, 3.63) is 18.0 Å². The second-order valence-electron chi connectivity index (χ2n) is 5.64. The second kappa shape index (κ2) is 7.43. The highest BCUT2D eigenvalue weighted by Crippen LogP contribution is 2.21. The van der Waals surface area contributed by atoms with Gasteiger partial charge in [0.2, 0.25) is 5.95 Å². The summed E-state index contributed by atoms with van der Waals surface area (Å²) in [6.07, 6.45) is 11.8. The van der Waals surface area contributed by atoms with E-state index in [1.54, 1.807) is 0 Å². The first-order valence-corrected chi connectivity index (χ1v) is 7.48. The van der Waals surface area contributed by atoms with Gasteiger partial charge in [-0.3, -0.25) is 0 Å². The van der Waals surface area contributed by atoms with Gasteiger partial charge in [-0.1, -0.05) is 19.3 Å². The van der Waals surface area contributed by atoms with Gasteiger partial charge in [0.15, 0.2) is 0 Å². The van der Waals surface area contributed by atoms with Crippen LogP contribution in [-0.2, 0) is 0 Å². The van der Waals surface area contributed by atoms with Crippen molar-refractivity contribution in [1.82, 2.24) is 14.9 Å². The zero-order valence-corrected chi connectivity index (χ0v) is 12.2. The van der Waals surface area contributed by atoms with Gasteiger partial charge < -0.3 is 10.2 Å². The van der Waals surface area contributed by atoms with Gasteiger partial charge in [-0.05, 0) is 45.3 Å². The second-order valence-corrected chi connectivity index (χ2v) is 5.64. The van der Waals surface area contributed by atoms with E-state index < -0.39 is 0 Å². The van der Waals surface area contributed by atoms with Crippen molar-refractivity contribution in [1.29, 1.82) is 0 Å². The van der Waals surface area contributed by atoms with E-state index in [1.807, 2.05) is 19.3 Å². The van der Waals surface area contributed by atoms with E-state index >= 15 is 0 Å². The number of nitrogens with one attached hydrogen (secondary N) is 1. The first kappa shape index (κ1) is 14.3. The lowest BCUT2D eigenvalue weighted by Crippen LogP contribution is -2.34. The number of aryl methyl sites for hydroxylation is 1. The molecule has 0 unspecified atom stereocenters. The van der Waals surface area contributed by atoms with Gasteiger partial charge >= 0.3 is 0 Å². The van der Waals surface area contributed by atoms with Gasteiger partial charge in [-0.25, -0.2) is 9.97 Å². The molecule has 1 aromatic heterocycles. The molecule has 1 saturated carbocycles. The molecule has 1 fully saturated rings. The minimum atomic E-state index is 0.742. The molecule has 1 N–H and O–H groups in total. The Labute approximate surface area is 116 Å². The van der Waals surface area contributed by atoms with E-state index in [2.05, 4.69) is 27.2 Å². The molecule has 0 saturated heterocycles. The first-order valence-electron chi connectivity index (χ1n) is 7.48. The van der Waals surface area contributed by atoms with E-state index in [1.165, 1.54) is 32.1 Å². The topological polar surface area (TPSA) is 41.1 Å². The molecule has 0 aliphatic heterocycles. The summed E-state index contributed by atoms with van der Waals surface area (Å²) in [7, 11) is 2.26. The molecule has 4 heteroatoms. The molecule has 1 aliphatic carbocycles. The van der Waals surface area contributed by atoms with Crippen LogP contribution in [0.15, 0.2) is 12.4 Å². The lowest BCUT2D eigenvalue weighted by atomic mass is 9.94. The molecule has 1 aromatic rings. The number of hydrogen-bond acceptors (Lipinski definition) is 4. The van der Waals surface area contributed by atoms with Gasteiger partial charge in [-0.15, -0.1) is 0 Å². The molecule has 0 aromatic carbocycles. The van der Waals surface area contributed by atoms with Gasteiger partial charge in [-0.2, -0.15) is 0 Å². The predicted octanol–water partition coefficient (Wildman–Crippen LogP) is 2.85. The number of hydrogen-bond donors (Lipinski definition) is 1. The molecule has 4 nitrogen and oxygen atoms in total. The van der Waals surface area contributed by atoms with Crippen LogP contribution in [0.3, 0.4) is 0 Å². The number of rotatable bonds is 6. The summed E-state index contributed by atoms with van der Waals surface area (Å²) in [5, 5.41) is 3.28. The average molecular weight is 262 g/mol. The van der Waals surface area contributed by atoms with Crippen LogP contribution in [0.1, 0.15) is 44.1 Å². The van der Waals surface area contributed by atoms with Crippen molar-refractivity contribution in [3.63, 3.8) is 0 Å². The maximum absolute atomic E-state index is 4.25. The minimum absolute atomic E-state index is 0.742. The third-order valence-corrected chi connectivity index (χ3v) is 3.95. The Morgan fingerprint density at radius 3 is 2.58 bits per heavy atom. The maximum Gasteiger partial charge on any atom is 0.222 e. The predicted molar refractivity (Wildman–Crippen MR) is 79.4 cm³/mol. The highest BCUT2D eigenvalue weighted by Gasteiger charge is 2.17. The van der Waals surface area contributed by atoms with Crippen LogP contribution >= 0.6 is 0 Å². The first-order chi connectivity index (χ1) is 9.25. The molecule has 1 heterocycles. The van der Waals surface area contributed by atoms with E-state index in [4.69, 9.17) is 0 Å². The van der Waals surface area contributed by atoms with Crippen molar-refractivity contribution < 1.29 is 0 Å². The Bertz CT molecular complexity index is 357. The molecule has 0 radical (unpaired) electrons. The standard InChI is InChI=1S/C15H26N4/c1-13-11-17-15(18-12-13)16-9-6-10-19(2)14-7-4-3-5-8-14/h11-12,14H,3-10H2,1-2H3,(H,16,17,18). The van der Waals surface area contributed by atoms with Crippen LogP contribution in [0, 0.1) is 6.92 Å². The van der Waals surface area contributed by atoms with Crippen molar-refractivity contribution in [3.8, 4) is 0 Å². The summed E-state index contributed by atoms with van der Waals surface area (Å²) in [5.41, 5.74) is 1.10. The quantitative estimate of drug-likeness (QED) is 0.800. The fourth-order valence-corrected chi connectivity index (χ4v) is 2.72. The SMILES string of the molecule is Cc1cnc(NCCCN(C)C2CCCCC2)nc1. The van der Waals surface area contributed by atoms with E-state index in [0.29, 0.717) is 0 Å². The molecule has 0 amide bonds. The summed E-state index contributed by atoms with van der Waals surface area (Å²) in [6.45, 7) is 4.10. The number of nitrogens with zero attached hydrogens (tertiary/aromatic N) is 3. The normalized spacial score (nSPS) is 16.8. The molecule has 2 rings (SSSR count). The Kier molecular flexibility index (Phi) is 5.58. The smallest absolute Gasteiger partial charge is 0.222 e. The molecular formula is C15H26N4. The lowest BCUT2D eigenvalue weighted by molar-refractivity contribution is 0.191. The Balaban J connectivity index is 1.62. The fourth-order valence-electron chi connectivity index (χ4n) is 2.72. The lowest BCUT2D eigenvalue weighted by Gasteiger charge is -2.31. The molecular weight excluding hydrogens is 236 g/mol. The van der Waals surface area contributed by atoms with Crippen LogP contribution in [0.2, 0.25) is 0 Å². The summed E-state index contributed by atoms with van der Waals surface area (Å²) in [6, 6.07) is 0.810. The number of anilines is 1. The summed E-state index contributed by atoms with van der Waals surface area (Å²) >= 11 is 0. The zero-order chi connectivity index (χ0) is 13.5. The third kappa shape index (κ3) is 4.78. The molecule has 0 bridgehead atoms. The molecule has 0 spiro atoms. The molecule has 0 atom stereocenters. The van der Waals surface area contributed by atoms with Crippen LogP contribution in [-0.4, -0.2) is 41.0 Å². The van der Waals surface area contributed by atoms with Crippen LogP contribution < -0.4 is 5.32 Å². The monoisotopic (exact) mass is 262 g/mol. The summed E-state index contributed by atoms with van der Waals surface area (Å²) in [4.78, 5) is 11.0. The minimum Gasteiger partial charge on any atom is -0.354 e. The highest BCUT2D eigenvalue weighted by molar-refractivity contribution is 5.23. The van der Waals surface area contributed by atoms with Gasteiger partial charge in [0, 0.05) is 25.0 Å². The number of aromatic nitrogens is 2. The van der Waals surface area contributed by atoms with Gasteiger partial charge in [0.05, 0.1) is 0 Å². The average Bonchev–Trinajstić information content (AvgIpc) is 2.46. The van der Waals surface area contributed by atoms with E-state index in [-0.39, 0.29) is 0 Å². The van der Waals surface area contributed by atoms with E-state index in [9.17, 15) is 0 Å². The summed E-state index contributed by atoms with van der Waals surface area (Å²) < 4.78 is 0. The highest BCUT2D eigenvalue weighted by atomic mass is 15.1. The molecule has 19 heavy (non-hydrogen) atoms. The Morgan fingerprint density at radius 2 is 1.89 bits per heavy atom. The van der Waals surface area contributed by atoms with Gasteiger partial charge in [0.25, 0.3) is 0 Å². The largest absolute Gasteiger partial charge is 0.354 e. The molecule has 1 aliphatic rings. The van der Waals surface area contributed by atoms with Crippen LogP contribution in [0.4, 0.5) is 5.95 Å². The van der Waals surface area contributed by atoms with Crippen molar-refractivity contribution in [2.24, 2.45) is 0 Å². The maximum atomic E-state index is 4.25. The Morgan fingerprint density at radius 1 is 1.21 bits per heavy atom. The van der Waals surface area contributed by atoms with E-state index in [0.717, 1.165) is 37.1 Å². The van der Waals surface area contributed by atoms with Crippen LogP contribution in [0.5, 0.6) is 0 Å². The van der Waals surface area contributed by atoms with Crippen molar-refractivity contribution in [2.45, 2.75) is 51.5 Å². The third-order valence-electron chi connectivity index (χ3n) is 3.95. The van der Waals surface area contributed by atoms with Crippen LogP contribution in [0.25, 0.3) is 0 Å².